The van der Waals surface area contributed by atoms with Crippen molar-refractivity contribution in [3.05, 3.63) is 35.9 Å². The first-order valence-electron chi connectivity index (χ1n) is 6.53. The molecule has 1 saturated carbocycles. The minimum absolute atomic E-state index is 0.150. The Bertz CT molecular complexity index is 309. The van der Waals surface area contributed by atoms with Crippen LogP contribution in [0, 0.1) is 5.92 Å². The summed E-state index contributed by atoms with van der Waals surface area (Å²) in [6, 6.07) is 10.5. The average Bonchev–Trinajstić information content (AvgIpc) is 2.31. The van der Waals surface area contributed by atoms with Gasteiger partial charge in [-0.15, -0.1) is 0 Å². The molecule has 0 spiro atoms. The second-order valence-electron chi connectivity index (χ2n) is 5.49. The Morgan fingerprint density at radius 2 is 1.75 bits per heavy atom. The zero-order valence-electron chi connectivity index (χ0n) is 10.3. The van der Waals surface area contributed by atoms with Gasteiger partial charge < -0.3 is 5.73 Å². The molecule has 0 aliphatic heterocycles. The van der Waals surface area contributed by atoms with Gasteiger partial charge >= 0.3 is 0 Å². The van der Waals surface area contributed by atoms with Gasteiger partial charge in [0, 0.05) is 5.54 Å². The second kappa shape index (κ2) is 5.01. The highest BCUT2D eigenvalue weighted by Gasteiger charge is 2.26. The van der Waals surface area contributed by atoms with Gasteiger partial charge in [0.1, 0.15) is 0 Å². The summed E-state index contributed by atoms with van der Waals surface area (Å²) in [6.45, 7) is 2.18. The minimum Gasteiger partial charge on any atom is -0.322 e. The van der Waals surface area contributed by atoms with Gasteiger partial charge in [0.15, 0.2) is 0 Å². The zero-order valence-corrected chi connectivity index (χ0v) is 10.3. The lowest BCUT2D eigenvalue weighted by molar-refractivity contribution is 0.272. The van der Waals surface area contributed by atoms with Crippen LogP contribution in [0.4, 0.5) is 0 Å². The molecule has 0 radical (unpaired) electrons. The summed E-state index contributed by atoms with van der Waals surface area (Å²) in [5.74, 6) is 0.837. The molecule has 2 rings (SSSR count). The van der Waals surface area contributed by atoms with Crippen molar-refractivity contribution in [2.24, 2.45) is 11.7 Å². The third-order valence-corrected chi connectivity index (χ3v) is 3.87. The van der Waals surface area contributed by atoms with E-state index in [0.717, 1.165) is 12.3 Å². The Kier molecular flexibility index (Phi) is 3.65. The molecule has 1 fully saturated rings. The lowest BCUT2D eigenvalue weighted by Gasteiger charge is -2.32. The topological polar surface area (TPSA) is 26.0 Å². The monoisotopic (exact) mass is 217 g/mol. The first-order chi connectivity index (χ1) is 7.68. The highest BCUT2D eigenvalue weighted by molar-refractivity contribution is 5.22. The van der Waals surface area contributed by atoms with E-state index in [4.69, 9.17) is 5.73 Å². The van der Waals surface area contributed by atoms with Crippen LogP contribution in [0.3, 0.4) is 0 Å². The van der Waals surface area contributed by atoms with Crippen molar-refractivity contribution in [2.45, 2.75) is 51.0 Å². The van der Waals surface area contributed by atoms with Gasteiger partial charge in [-0.25, -0.2) is 0 Å². The first kappa shape index (κ1) is 11.7. The average molecular weight is 217 g/mol. The van der Waals surface area contributed by atoms with Crippen LogP contribution in [0.25, 0.3) is 0 Å². The summed E-state index contributed by atoms with van der Waals surface area (Å²) in [6.07, 6.45) is 8.10. The van der Waals surface area contributed by atoms with Gasteiger partial charge in [0.05, 0.1) is 0 Å². The molecule has 0 amide bonds. The van der Waals surface area contributed by atoms with Gasteiger partial charge in [0.25, 0.3) is 0 Å². The van der Waals surface area contributed by atoms with Crippen molar-refractivity contribution in [1.29, 1.82) is 0 Å². The molecule has 0 bridgehead atoms. The zero-order chi connectivity index (χ0) is 11.4. The highest BCUT2D eigenvalue weighted by Crippen LogP contribution is 2.33. The van der Waals surface area contributed by atoms with E-state index in [9.17, 15) is 0 Å². The molecular formula is C15H23N. The van der Waals surface area contributed by atoms with Crippen LogP contribution < -0.4 is 5.73 Å². The van der Waals surface area contributed by atoms with Crippen LogP contribution in [0.2, 0.25) is 0 Å². The van der Waals surface area contributed by atoms with E-state index in [1.807, 2.05) is 0 Å². The van der Waals surface area contributed by atoms with Gasteiger partial charge in [-0.05, 0) is 24.8 Å². The molecule has 1 aliphatic carbocycles. The maximum absolute atomic E-state index is 6.47. The fourth-order valence-corrected chi connectivity index (χ4v) is 2.93. The maximum Gasteiger partial charge on any atom is 0.0383 e. The Labute approximate surface area is 99.0 Å². The Morgan fingerprint density at radius 1 is 1.12 bits per heavy atom. The molecular weight excluding hydrogens is 194 g/mol. The molecule has 0 heterocycles. The molecule has 1 nitrogen and oxygen atoms in total. The summed E-state index contributed by atoms with van der Waals surface area (Å²) in [4.78, 5) is 0. The number of hydrogen-bond acceptors (Lipinski definition) is 1. The summed E-state index contributed by atoms with van der Waals surface area (Å²) in [7, 11) is 0. The van der Waals surface area contributed by atoms with E-state index in [0.29, 0.717) is 0 Å². The minimum atomic E-state index is -0.150. The molecule has 1 aromatic rings. The van der Waals surface area contributed by atoms with Crippen molar-refractivity contribution < 1.29 is 0 Å². The largest absolute Gasteiger partial charge is 0.322 e. The molecule has 1 atom stereocenters. The predicted octanol–water partition coefficient (Wildman–Crippen LogP) is 3.83. The summed E-state index contributed by atoms with van der Waals surface area (Å²) >= 11 is 0. The molecule has 1 heteroatoms. The standard InChI is InChI=1S/C15H23N/c1-15(16,14-10-6-3-7-11-14)12-13-8-4-2-5-9-13/h3,6-7,10-11,13H,2,4-5,8-9,12,16H2,1H3. The van der Waals surface area contributed by atoms with Gasteiger partial charge in [0.2, 0.25) is 0 Å². The highest BCUT2D eigenvalue weighted by atomic mass is 14.7. The number of hydrogen-bond donors (Lipinski definition) is 1. The number of rotatable bonds is 3. The first-order valence-corrected chi connectivity index (χ1v) is 6.53. The van der Waals surface area contributed by atoms with Gasteiger partial charge in [-0.2, -0.15) is 0 Å². The van der Waals surface area contributed by atoms with E-state index in [2.05, 4.69) is 37.3 Å². The molecule has 1 unspecified atom stereocenters. The molecule has 16 heavy (non-hydrogen) atoms. The smallest absolute Gasteiger partial charge is 0.0383 e. The Morgan fingerprint density at radius 3 is 2.38 bits per heavy atom. The SMILES string of the molecule is CC(N)(CC1CCCCC1)c1ccccc1. The quantitative estimate of drug-likeness (QED) is 0.818. The van der Waals surface area contributed by atoms with Crippen molar-refractivity contribution >= 4 is 0 Å². The van der Waals surface area contributed by atoms with Gasteiger partial charge in [-0.1, -0.05) is 62.4 Å². The van der Waals surface area contributed by atoms with E-state index >= 15 is 0 Å². The molecule has 0 aromatic heterocycles. The van der Waals surface area contributed by atoms with E-state index in [1.54, 1.807) is 0 Å². The van der Waals surface area contributed by atoms with Crippen molar-refractivity contribution in [3.8, 4) is 0 Å². The molecule has 1 aliphatic rings. The number of benzene rings is 1. The van der Waals surface area contributed by atoms with Crippen molar-refractivity contribution in [1.82, 2.24) is 0 Å². The van der Waals surface area contributed by atoms with Crippen LogP contribution in [-0.2, 0) is 5.54 Å². The number of nitrogens with two attached hydrogens (primary N) is 1. The third-order valence-electron chi connectivity index (χ3n) is 3.87. The van der Waals surface area contributed by atoms with Crippen molar-refractivity contribution in [3.63, 3.8) is 0 Å². The lowest BCUT2D eigenvalue weighted by atomic mass is 9.78. The van der Waals surface area contributed by atoms with Crippen molar-refractivity contribution in [2.75, 3.05) is 0 Å². The third kappa shape index (κ3) is 2.85. The predicted molar refractivity (Wildman–Crippen MR) is 69.2 cm³/mol. The van der Waals surface area contributed by atoms with Crippen LogP contribution >= 0.6 is 0 Å². The Hall–Kier alpha value is -0.820. The van der Waals surface area contributed by atoms with E-state index in [1.165, 1.54) is 37.7 Å². The summed E-state index contributed by atoms with van der Waals surface area (Å²) < 4.78 is 0. The molecule has 1 aromatic carbocycles. The van der Waals surface area contributed by atoms with Crippen LogP contribution in [0.15, 0.2) is 30.3 Å². The van der Waals surface area contributed by atoms with E-state index < -0.39 is 0 Å². The van der Waals surface area contributed by atoms with Gasteiger partial charge in [-0.3, -0.25) is 0 Å². The van der Waals surface area contributed by atoms with E-state index in [-0.39, 0.29) is 5.54 Å². The fourth-order valence-electron chi connectivity index (χ4n) is 2.93. The normalized spacial score (nSPS) is 21.6. The summed E-state index contributed by atoms with van der Waals surface area (Å²) in [5, 5.41) is 0. The van der Waals surface area contributed by atoms with Crippen LogP contribution in [0.1, 0.15) is 51.0 Å². The Balaban J connectivity index is 2.01. The molecule has 88 valence electrons. The van der Waals surface area contributed by atoms with Crippen LogP contribution in [-0.4, -0.2) is 0 Å². The lowest BCUT2D eigenvalue weighted by Crippen LogP contribution is -2.35. The second-order valence-corrected chi connectivity index (χ2v) is 5.49. The summed E-state index contributed by atoms with van der Waals surface area (Å²) in [5.41, 5.74) is 7.60. The molecule has 0 saturated heterocycles. The fraction of sp³-hybridized carbons (Fsp3) is 0.600. The van der Waals surface area contributed by atoms with Crippen LogP contribution in [0.5, 0.6) is 0 Å². The molecule has 2 N–H and O–H groups in total. The maximum atomic E-state index is 6.47.